The minimum Gasteiger partial charge on any atom is -0.445 e. The molecule has 2 N–H and O–H groups in total. The van der Waals surface area contributed by atoms with E-state index in [1.165, 1.54) is 0 Å². The summed E-state index contributed by atoms with van der Waals surface area (Å²) >= 11 is 0. The van der Waals surface area contributed by atoms with Crippen LogP contribution in [0, 0.1) is 0 Å². The van der Waals surface area contributed by atoms with Gasteiger partial charge in [-0.05, 0) is 12.0 Å². The molecule has 0 bridgehead atoms. The molecule has 0 aromatic heterocycles. The van der Waals surface area contributed by atoms with Crippen molar-refractivity contribution in [3.63, 3.8) is 0 Å². The number of hydrogen-bond donors (Lipinski definition) is 2. The Hall–Kier alpha value is -2.08. The van der Waals surface area contributed by atoms with Crippen molar-refractivity contribution in [1.29, 1.82) is 0 Å². The van der Waals surface area contributed by atoms with Gasteiger partial charge in [-0.15, -0.1) is 0 Å². The molecule has 1 aromatic rings. The number of nitrogens with one attached hydrogen (secondary N) is 1. The van der Waals surface area contributed by atoms with E-state index in [1.807, 2.05) is 30.3 Å². The summed E-state index contributed by atoms with van der Waals surface area (Å²) in [5.41, 5.74) is 0.870. The summed E-state index contributed by atoms with van der Waals surface area (Å²) in [6.07, 6.45) is -0.275. The highest BCUT2D eigenvalue weighted by Gasteiger charge is 2.32. The number of carbonyl (C=O) groups is 2. The lowest BCUT2D eigenvalue weighted by molar-refractivity contribution is -0.158. The number of alkyl carbamates (subject to hydrolysis) is 1. The quantitative estimate of drug-likeness (QED) is 0.781. The molecular formula is C12H14N2O4. The Kier molecular flexibility index (Phi) is 3.78. The second-order valence-electron chi connectivity index (χ2n) is 4.01. The van der Waals surface area contributed by atoms with Crippen LogP contribution in [-0.2, 0) is 16.1 Å². The first-order chi connectivity index (χ1) is 8.66. The first kappa shape index (κ1) is 12.4. The Labute approximate surface area is 104 Å². The Bertz CT molecular complexity index is 435. The first-order valence-electron chi connectivity index (χ1n) is 5.64. The van der Waals surface area contributed by atoms with Crippen LogP contribution in [0.1, 0.15) is 12.0 Å². The van der Waals surface area contributed by atoms with E-state index in [0.29, 0.717) is 11.5 Å². The second kappa shape index (κ2) is 5.50. The van der Waals surface area contributed by atoms with Crippen LogP contribution in [0.15, 0.2) is 30.3 Å². The molecule has 0 aliphatic carbocycles. The number of amides is 2. The summed E-state index contributed by atoms with van der Waals surface area (Å²) in [6, 6.07) is 8.55. The minimum absolute atomic E-state index is 0.149. The van der Waals surface area contributed by atoms with E-state index in [0.717, 1.165) is 5.56 Å². The molecule has 0 saturated carbocycles. The molecule has 1 atom stereocenters. The molecule has 2 rings (SSSR count). The molecule has 1 aliphatic heterocycles. The van der Waals surface area contributed by atoms with Gasteiger partial charge < -0.3 is 10.1 Å². The normalized spacial score (nSPS) is 18.8. The lowest BCUT2D eigenvalue weighted by Crippen LogP contribution is -2.40. The van der Waals surface area contributed by atoms with E-state index in [9.17, 15) is 9.59 Å². The summed E-state index contributed by atoms with van der Waals surface area (Å²) in [7, 11) is 0. The van der Waals surface area contributed by atoms with Crippen LogP contribution in [0.2, 0.25) is 0 Å². The molecule has 6 heteroatoms. The van der Waals surface area contributed by atoms with E-state index in [2.05, 4.69) is 5.32 Å². The van der Waals surface area contributed by atoms with E-state index in [-0.39, 0.29) is 13.2 Å². The van der Waals surface area contributed by atoms with E-state index in [1.54, 1.807) is 0 Å². The van der Waals surface area contributed by atoms with Crippen LogP contribution in [-0.4, -0.2) is 34.9 Å². The molecule has 1 saturated heterocycles. The number of nitrogens with zero attached hydrogens (tertiary/aromatic N) is 1. The zero-order chi connectivity index (χ0) is 13.0. The average Bonchev–Trinajstić information content (AvgIpc) is 2.70. The third kappa shape index (κ3) is 2.98. The van der Waals surface area contributed by atoms with Crippen molar-refractivity contribution >= 4 is 12.0 Å². The number of carbonyl (C=O) groups excluding carboxylic acids is 2. The molecule has 1 aromatic carbocycles. The van der Waals surface area contributed by atoms with Crippen molar-refractivity contribution in [3.05, 3.63) is 35.9 Å². The third-order valence-corrected chi connectivity index (χ3v) is 2.69. The number of ether oxygens (including phenoxy) is 1. The van der Waals surface area contributed by atoms with Gasteiger partial charge in [0.1, 0.15) is 12.6 Å². The summed E-state index contributed by atoms with van der Waals surface area (Å²) in [5.74, 6) is -0.508. The summed E-state index contributed by atoms with van der Waals surface area (Å²) < 4.78 is 4.97. The van der Waals surface area contributed by atoms with Gasteiger partial charge in [0.25, 0.3) is 5.91 Å². The SMILES string of the molecule is O=C(NC1CCN(O)C1=O)OCc1ccccc1. The van der Waals surface area contributed by atoms with E-state index in [4.69, 9.17) is 9.94 Å². The molecule has 1 fully saturated rings. The van der Waals surface area contributed by atoms with Gasteiger partial charge in [0, 0.05) is 0 Å². The number of hydrogen-bond acceptors (Lipinski definition) is 4. The van der Waals surface area contributed by atoms with Gasteiger partial charge in [0.05, 0.1) is 6.54 Å². The highest BCUT2D eigenvalue weighted by molar-refractivity contribution is 5.86. The minimum atomic E-state index is -0.696. The van der Waals surface area contributed by atoms with Crippen LogP contribution in [0.4, 0.5) is 4.79 Å². The van der Waals surface area contributed by atoms with E-state index < -0.39 is 18.0 Å². The average molecular weight is 250 g/mol. The Balaban J connectivity index is 1.78. The highest BCUT2D eigenvalue weighted by Crippen LogP contribution is 2.08. The zero-order valence-corrected chi connectivity index (χ0v) is 9.70. The molecule has 1 unspecified atom stereocenters. The summed E-state index contributed by atoms with van der Waals surface area (Å²) in [5, 5.41) is 12.1. The zero-order valence-electron chi connectivity index (χ0n) is 9.70. The van der Waals surface area contributed by atoms with Gasteiger partial charge >= 0.3 is 6.09 Å². The maximum absolute atomic E-state index is 11.4. The first-order valence-corrected chi connectivity index (χ1v) is 5.64. The van der Waals surface area contributed by atoms with Gasteiger partial charge in [0.2, 0.25) is 0 Å². The van der Waals surface area contributed by atoms with Gasteiger partial charge in [-0.1, -0.05) is 30.3 Å². The van der Waals surface area contributed by atoms with Gasteiger partial charge in [-0.25, -0.2) is 9.86 Å². The van der Waals surface area contributed by atoms with Crippen LogP contribution in [0.25, 0.3) is 0 Å². The molecule has 0 spiro atoms. The van der Waals surface area contributed by atoms with Crippen molar-refractivity contribution in [2.45, 2.75) is 19.1 Å². The van der Waals surface area contributed by atoms with Crippen molar-refractivity contribution in [3.8, 4) is 0 Å². The monoisotopic (exact) mass is 250 g/mol. The number of benzene rings is 1. The third-order valence-electron chi connectivity index (χ3n) is 2.69. The van der Waals surface area contributed by atoms with Crippen LogP contribution < -0.4 is 5.32 Å². The van der Waals surface area contributed by atoms with Crippen molar-refractivity contribution in [1.82, 2.24) is 10.4 Å². The molecule has 1 heterocycles. The highest BCUT2D eigenvalue weighted by atomic mass is 16.5. The molecule has 0 radical (unpaired) electrons. The molecule has 1 aliphatic rings. The molecule has 6 nitrogen and oxygen atoms in total. The fraction of sp³-hybridized carbons (Fsp3) is 0.333. The van der Waals surface area contributed by atoms with Crippen LogP contribution in [0.3, 0.4) is 0 Å². The van der Waals surface area contributed by atoms with E-state index >= 15 is 0 Å². The maximum Gasteiger partial charge on any atom is 0.408 e. The smallest absolute Gasteiger partial charge is 0.408 e. The molecule has 18 heavy (non-hydrogen) atoms. The largest absolute Gasteiger partial charge is 0.445 e. The fourth-order valence-electron chi connectivity index (χ4n) is 1.71. The topological polar surface area (TPSA) is 78.9 Å². The lowest BCUT2D eigenvalue weighted by Gasteiger charge is -2.11. The van der Waals surface area contributed by atoms with Crippen molar-refractivity contribution < 1.29 is 19.5 Å². The van der Waals surface area contributed by atoms with Gasteiger partial charge in [0.15, 0.2) is 0 Å². The summed E-state index contributed by atoms with van der Waals surface area (Å²) in [6.45, 7) is 0.374. The molecule has 2 amide bonds. The van der Waals surface area contributed by atoms with Gasteiger partial charge in [-0.3, -0.25) is 10.0 Å². The predicted molar refractivity (Wildman–Crippen MR) is 61.7 cm³/mol. The predicted octanol–water partition coefficient (Wildman–Crippen LogP) is 0.903. The van der Waals surface area contributed by atoms with Crippen molar-refractivity contribution in [2.75, 3.05) is 6.54 Å². The Morgan fingerprint density at radius 3 is 2.78 bits per heavy atom. The number of rotatable bonds is 3. The maximum atomic E-state index is 11.4. The molecular weight excluding hydrogens is 236 g/mol. The Morgan fingerprint density at radius 1 is 1.44 bits per heavy atom. The summed E-state index contributed by atoms with van der Waals surface area (Å²) in [4.78, 5) is 22.8. The molecule has 96 valence electrons. The Morgan fingerprint density at radius 2 is 2.17 bits per heavy atom. The van der Waals surface area contributed by atoms with Gasteiger partial charge in [-0.2, -0.15) is 0 Å². The number of hydroxylamine groups is 2. The van der Waals surface area contributed by atoms with Crippen molar-refractivity contribution in [2.24, 2.45) is 0 Å². The fourth-order valence-corrected chi connectivity index (χ4v) is 1.71. The lowest BCUT2D eigenvalue weighted by atomic mass is 10.2. The van der Waals surface area contributed by atoms with Crippen LogP contribution >= 0.6 is 0 Å². The second-order valence-corrected chi connectivity index (χ2v) is 4.01. The van der Waals surface area contributed by atoms with Crippen LogP contribution in [0.5, 0.6) is 0 Å². The standard InChI is InChI=1S/C12H14N2O4/c15-11-10(6-7-14(11)17)13-12(16)18-8-9-4-2-1-3-5-9/h1-5,10,17H,6-8H2,(H,13,16).